The van der Waals surface area contributed by atoms with Crippen LogP contribution in [-0.4, -0.2) is 19.5 Å². The van der Waals surface area contributed by atoms with Gasteiger partial charge in [-0.3, -0.25) is 4.57 Å². The van der Waals surface area contributed by atoms with Crippen molar-refractivity contribution in [1.29, 1.82) is 0 Å². The standard InChI is InChI=1S/C63H37N.C57H35N3/c1-8-22-52-41(15-1)42-16-2-9-23-53(42)62(52)56-26-12-5-19-45(56)47-34-33-40(35-58(47)62)38-29-31-39(32-30-38)61-51-36-50-46-20-6-13-27-57(46)63(59(50)37-49(51)48-21-7-14-28-60(48)64-61)54-24-10-3-17-43(54)44-18-4-11-25-55(44)63;1-2-14-40(15-3-1)60-54-25-13-12-24-53(54)59-56(60)39-32-28-37(29-33-39)36-26-30-38(31-27-36)55-47-34-46-43-18-6-10-22-50(43)57(51(46)35-45(47)44-19-7-11-23-52(44)58-55)48-20-8-4-16-41(48)42-17-5-9-21-49(42)57/h1-37H;1-35H. The second-order valence-electron chi connectivity index (χ2n) is 34.1. The molecule has 4 nitrogen and oxygen atoms in total. The van der Waals surface area contributed by atoms with Gasteiger partial charge in [0, 0.05) is 43.9 Å². The van der Waals surface area contributed by atoms with E-state index in [9.17, 15) is 0 Å². The first-order valence-electron chi connectivity index (χ1n) is 43.1. The normalized spacial score (nSPS) is 13.8. The van der Waals surface area contributed by atoms with E-state index in [2.05, 4.69) is 435 Å². The minimum atomic E-state index is -0.405. The highest BCUT2D eigenvalue weighted by Gasteiger charge is 2.55. The highest BCUT2D eigenvalue weighted by molar-refractivity contribution is 6.16. The predicted molar refractivity (Wildman–Crippen MR) is 509 cm³/mol. The highest BCUT2D eigenvalue weighted by atomic mass is 15.1. The first-order chi connectivity index (χ1) is 61.5. The Morgan fingerprint density at radius 2 is 0.435 bits per heavy atom. The molecule has 0 radical (unpaired) electrons. The summed E-state index contributed by atoms with van der Waals surface area (Å²) in [7, 11) is 0. The highest BCUT2D eigenvalue weighted by Crippen LogP contribution is 2.67. The third-order valence-corrected chi connectivity index (χ3v) is 28.3. The lowest BCUT2D eigenvalue weighted by Gasteiger charge is -2.30. The number of rotatable bonds is 6. The van der Waals surface area contributed by atoms with Crippen LogP contribution in [0.2, 0.25) is 0 Å². The molecule has 0 unspecified atom stereocenters. The van der Waals surface area contributed by atoms with Gasteiger partial charge >= 0.3 is 0 Å². The SMILES string of the molecule is c1ccc(-n2c(-c3ccc(-c4ccc(-c5nc6ccccc6c6cc7c(cc56)-c5ccccc5C75c6ccccc6-c6ccccc65)cc4)cc3)nc3ccccc32)cc1.c1ccc2c(c1)-c1ccccc1C21c2ccccc2-c2ccc(-c3ccc(-c4nc5ccccc5c5cc6c(cc45)-c4ccccc4C64c5ccccc5-c5ccccc54)cc3)cc21. The van der Waals surface area contributed by atoms with Crippen LogP contribution in [-0.2, 0) is 16.2 Å². The van der Waals surface area contributed by atoms with Gasteiger partial charge in [-0.2, -0.15) is 0 Å². The lowest BCUT2D eigenvalue weighted by molar-refractivity contribution is 0.794. The first-order valence-corrected chi connectivity index (χ1v) is 43.1. The zero-order valence-corrected chi connectivity index (χ0v) is 67.4. The minimum absolute atomic E-state index is 0.372. The molecule has 28 rings (SSSR count). The molecule has 0 N–H and O–H groups in total. The van der Waals surface area contributed by atoms with E-state index >= 15 is 0 Å². The van der Waals surface area contributed by atoms with E-state index in [1.807, 2.05) is 6.07 Å². The molecule has 0 saturated carbocycles. The fourth-order valence-electron chi connectivity index (χ4n) is 23.3. The van der Waals surface area contributed by atoms with Crippen LogP contribution < -0.4 is 0 Å². The number of imidazole rings is 1. The van der Waals surface area contributed by atoms with Gasteiger partial charge in [0.1, 0.15) is 5.82 Å². The molecule has 6 aliphatic rings. The number of hydrogen-bond acceptors (Lipinski definition) is 3. The molecular weight excluding hydrogens is 1500 g/mol. The second-order valence-corrected chi connectivity index (χ2v) is 34.1. The van der Waals surface area contributed by atoms with Gasteiger partial charge in [-0.15, -0.1) is 0 Å². The Morgan fingerprint density at radius 3 is 0.815 bits per heavy atom. The minimum Gasteiger partial charge on any atom is -0.292 e. The smallest absolute Gasteiger partial charge is 0.145 e. The molecule has 3 heterocycles. The average Bonchev–Trinajstić information content (AvgIpc) is 1.51. The molecule has 0 bridgehead atoms. The van der Waals surface area contributed by atoms with E-state index in [1.165, 1.54) is 172 Å². The van der Waals surface area contributed by atoms with Crippen molar-refractivity contribution in [2.75, 3.05) is 0 Å². The summed E-state index contributed by atoms with van der Waals surface area (Å²) >= 11 is 0. The number of benzene rings is 19. The molecule has 0 saturated heterocycles. The van der Waals surface area contributed by atoms with Crippen LogP contribution in [0.25, 0.3) is 183 Å². The monoisotopic (exact) mass is 1570 g/mol. The van der Waals surface area contributed by atoms with Crippen molar-refractivity contribution < 1.29 is 0 Å². The zero-order chi connectivity index (χ0) is 81.1. The summed E-state index contributed by atoms with van der Waals surface area (Å²) in [5, 5.41) is 7.14. The van der Waals surface area contributed by atoms with E-state index in [0.717, 1.165) is 78.2 Å². The van der Waals surface area contributed by atoms with Gasteiger partial charge in [-0.05, 0) is 233 Å². The Labute approximate surface area is 717 Å². The topological polar surface area (TPSA) is 43.6 Å². The van der Waals surface area contributed by atoms with E-state index < -0.39 is 10.8 Å². The number of aromatic nitrogens is 4. The summed E-state index contributed by atoms with van der Waals surface area (Å²) < 4.78 is 2.25. The summed E-state index contributed by atoms with van der Waals surface area (Å²) in [5.41, 5.74) is 46.0. The fourth-order valence-corrected chi connectivity index (χ4v) is 23.3. The third kappa shape index (κ3) is 9.27. The van der Waals surface area contributed by atoms with Crippen LogP contribution in [0.1, 0.15) is 66.8 Å². The van der Waals surface area contributed by atoms with Crippen LogP contribution in [0.15, 0.2) is 437 Å². The molecule has 22 aromatic rings. The molecule has 572 valence electrons. The van der Waals surface area contributed by atoms with Crippen molar-refractivity contribution in [2.24, 2.45) is 0 Å². The molecule has 3 spiro atoms. The van der Waals surface area contributed by atoms with Crippen molar-refractivity contribution >= 4 is 54.4 Å². The number of para-hydroxylation sites is 5. The van der Waals surface area contributed by atoms with Crippen molar-refractivity contribution in [3.05, 3.63) is 504 Å². The number of pyridine rings is 2. The van der Waals surface area contributed by atoms with Gasteiger partial charge in [0.15, 0.2) is 0 Å². The maximum Gasteiger partial charge on any atom is 0.145 e. The van der Waals surface area contributed by atoms with E-state index in [-0.39, 0.29) is 5.41 Å². The quantitative estimate of drug-likeness (QED) is 0.156. The Balaban J connectivity index is 0.000000130. The average molecular weight is 1570 g/mol. The Hall–Kier alpha value is -16.0. The van der Waals surface area contributed by atoms with Gasteiger partial charge in [0.25, 0.3) is 0 Å². The summed E-state index contributed by atoms with van der Waals surface area (Å²) in [5.74, 6) is 0.930. The molecule has 3 aromatic heterocycles. The van der Waals surface area contributed by atoms with Gasteiger partial charge in [-0.1, -0.05) is 370 Å². The second kappa shape index (κ2) is 26.0. The van der Waals surface area contributed by atoms with E-state index in [4.69, 9.17) is 15.0 Å². The Morgan fingerprint density at radius 1 is 0.161 bits per heavy atom. The molecule has 0 aliphatic heterocycles. The lowest BCUT2D eigenvalue weighted by Crippen LogP contribution is -2.25. The van der Waals surface area contributed by atoms with Crippen LogP contribution in [0.3, 0.4) is 0 Å². The van der Waals surface area contributed by atoms with Crippen LogP contribution in [0, 0.1) is 0 Å². The van der Waals surface area contributed by atoms with Gasteiger partial charge in [0.2, 0.25) is 0 Å². The molecule has 4 heteroatoms. The number of nitrogens with zero attached hydrogens (tertiary/aromatic N) is 4. The van der Waals surface area contributed by atoms with Gasteiger partial charge in [-0.25, -0.2) is 15.0 Å². The van der Waals surface area contributed by atoms with Crippen LogP contribution in [0.4, 0.5) is 0 Å². The molecule has 19 aromatic carbocycles. The number of hydrogen-bond donors (Lipinski definition) is 0. The molecule has 0 fully saturated rings. The van der Waals surface area contributed by atoms with Crippen LogP contribution >= 0.6 is 0 Å². The fraction of sp³-hybridized carbons (Fsp3) is 0.0250. The van der Waals surface area contributed by atoms with E-state index in [1.54, 1.807) is 0 Å². The lowest BCUT2D eigenvalue weighted by atomic mass is 9.70. The number of fused-ring (bicyclic) bond motifs is 37. The molecule has 6 aliphatic carbocycles. The zero-order valence-electron chi connectivity index (χ0n) is 67.4. The van der Waals surface area contributed by atoms with Crippen molar-refractivity contribution in [3.63, 3.8) is 0 Å². The summed E-state index contributed by atoms with van der Waals surface area (Å²) in [6.07, 6.45) is 0. The first kappa shape index (κ1) is 68.9. The Bertz CT molecular complexity index is 8200. The molecular formula is C120H72N4. The summed E-state index contributed by atoms with van der Waals surface area (Å²) in [4.78, 5) is 16.0. The maximum absolute atomic E-state index is 5.48. The van der Waals surface area contributed by atoms with Crippen molar-refractivity contribution in [1.82, 2.24) is 19.5 Å². The van der Waals surface area contributed by atoms with Crippen molar-refractivity contribution in [2.45, 2.75) is 16.2 Å². The summed E-state index contributed by atoms with van der Waals surface area (Å²) in [6, 6.07) is 161. The Kier molecular flexibility index (Phi) is 14.4. The molecule has 0 amide bonds. The molecule has 0 atom stereocenters. The van der Waals surface area contributed by atoms with E-state index in [0.29, 0.717) is 0 Å². The third-order valence-electron chi connectivity index (χ3n) is 28.3. The van der Waals surface area contributed by atoms with Gasteiger partial charge < -0.3 is 0 Å². The van der Waals surface area contributed by atoms with Crippen molar-refractivity contribution in [3.8, 4) is 129 Å². The predicted octanol–water partition coefficient (Wildman–Crippen LogP) is 29.5. The maximum atomic E-state index is 5.48. The molecule has 124 heavy (non-hydrogen) atoms. The van der Waals surface area contributed by atoms with Crippen LogP contribution in [0.5, 0.6) is 0 Å². The largest absolute Gasteiger partial charge is 0.292 e. The summed E-state index contributed by atoms with van der Waals surface area (Å²) in [6.45, 7) is 0. The van der Waals surface area contributed by atoms with Gasteiger partial charge in [0.05, 0.1) is 49.7 Å².